The molecule has 1 heterocycles. The van der Waals surface area contributed by atoms with Gasteiger partial charge in [-0.15, -0.1) is 0 Å². The highest BCUT2D eigenvalue weighted by atomic mass is 35.5. The monoisotopic (exact) mass is 481 g/mol. The molecule has 0 fully saturated rings. The van der Waals surface area contributed by atoms with Gasteiger partial charge in [-0.05, 0) is 55.0 Å². The second-order valence-electron chi connectivity index (χ2n) is 7.61. The quantitative estimate of drug-likeness (QED) is 0.374. The molecule has 2 N–H and O–H groups in total. The second-order valence-corrected chi connectivity index (χ2v) is 8.02. The smallest absolute Gasteiger partial charge is 0.162 e. The summed E-state index contributed by atoms with van der Waals surface area (Å²) >= 11 is 5.84. The lowest BCUT2D eigenvalue weighted by Gasteiger charge is -2.20. The molecule has 0 saturated heterocycles. The van der Waals surface area contributed by atoms with E-state index in [-0.39, 0.29) is 11.0 Å². The highest BCUT2D eigenvalue weighted by Gasteiger charge is 2.16. The molecular formula is C25H25ClFN5O2. The summed E-state index contributed by atoms with van der Waals surface area (Å²) in [5, 5.41) is 24.0. The number of anilines is 1. The lowest BCUT2D eigenvalue weighted by molar-refractivity contribution is 0.0528. The van der Waals surface area contributed by atoms with Gasteiger partial charge in [0.15, 0.2) is 5.69 Å². The molecule has 0 aliphatic rings. The van der Waals surface area contributed by atoms with Crippen LogP contribution in [0.2, 0.25) is 0 Å². The Labute approximate surface area is 202 Å². The van der Waals surface area contributed by atoms with Crippen LogP contribution >= 0.6 is 11.6 Å². The van der Waals surface area contributed by atoms with Gasteiger partial charge in [0.05, 0.1) is 19.8 Å². The Morgan fingerprint density at radius 2 is 2.03 bits per heavy atom. The molecule has 0 saturated carbocycles. The van der Waals surface area contributed by atoms with E-state index >= 15 is 0 Å². The first kappa shape index (κ1) is 25.0. The molecule has 0 amide bonds. The number of aromatic nitrogens is 2. The number of allylic oxidation sites excluding steroid dienone is 2. The van der Waals surface area contributed by atoms with Crippen molar-refractivity contribution in [1.82, 2.24) is 9.78 Å². The van der Waals surface area contributed by atoms with Crippen LogP contribution in [0.5, 0.6) is 5.75 Å². The zero-order valence-electron chi connectivity index (χ0n) is 19.1. The normalized spacial score (nSPS) is 12.2. The molecular weight excluding hydrogens is 457 g/mol. The number of ether oxygens (including phenoxy) is 2. The minimum atomic E-state index is -0.432. The number of nitrogens with zero attached hydrogens (tertiary/aromatic N) is 3. The van der Waals surface area contributed by atoms with Crippen LogP contribution in [0, 0.1) is 22.6 Å². The van der Waals surface area contributed by atoms with Crippen molar-refractivity contribution in [1.29, 1.82) is 10.7 Å². The molecule has 34 heavy (non-hydrogen) atoms. The molecule has 0 spiro atoms. The molecule has 7 nitrogen and oxygen atoms in total. The third-order valence-corrected chi connectivity index (χ3v) is 5.28. The fraction of sp³-hybridized carbons (Fsp3) is 0.240. The molecule has 2 aromatic carbocycles. The van der Waals surface area contributed by atoms with Gasteiger partial charge in [-0.1, -0.05) is 23.7 Å². The summed E-state index contributed by atoms with van der Waals surface area (Å²) in [5.74, 6) is 0.370. The van der Waals surface area contributed by atoms with Gasteiger partial charge in [-0.3, -0.25) is 10.1 Å². The van der Waals surface area contributed by atoms with E-state index in [1.54, 1.807) is 31.0 Å². The number of aryl methyl sites for hydroxylation is 1. The molecule has 0 aliphatic carbocycles. The van der Waals surface area contributed by atoms with E-state index in [1.807, 2.05) is 37.3 Å². The molecule has 1 atom stereocenters. The van der Waals surface area contributed by atoms with Crippen molar-refractivity contribution in [3.63, 3.8) is 0 Å². The van der Waals surface area contributed by atoms with E-state index < -0.39 is 6.10 Å². The highest BCUT2D eigenvalue weighted by molar-refractivity contribution is 6.67. The minimum Gasteiger partial charge on any atom is -0.497 e. The Balaban J connectivity index is 1.81. The van der Waals surface area contributed by atoms with E-state index in [2.05, 4.69) is 10.4 Å². The maximum absolute atomic E-state index is 14.1. The maximum Gasteiger partial charge on any atom is 0.162 e. The molecule has 1 aromatic heterocycles. The van der Waals surface area contributed by atoms with Crippen LogP contribution in [0.3, 0.4) is 0 Å². The number of hydrogen-bond acceptors (Lipinski definition) is 6. The van der Waals surface area contributed by atoms with E-state index in [0.717, 1.165) is 17.0 Å². The van der Waals surface area contributed by atoms with Crippen LogP contribution < -0.4 is 10.1 Å². The van der Waals surface area contributed by atoms with Crippen LogP contribution in [0.4, 0.5) is 10.1 Å². The van der Waals surface area contributed by atoms with Gasteiger partial charge in [0.1, 0.15) is 22.8 Å². The number of methoxy groups -OCH3 is 1. The van der Waals surface area contributed by atoms with Crippen LogP contribution in [-0.4, -0.2) is 22.1 Å². The molecule has 0 bridgehead atoms. The number of halogens is 2. The fourth-order valence-corrected chi connectivity index (χ4v) is 3.53. The maximum atomic E-state index is 14.1. The molecule has 3 aromatic rings. The van der Waals surface area contributed by atoms with Crippen molar-refractivity contribution in [3.8, 4) is 11.8 Å². The molecule has 0 radical (unpaired) electrons. The Bertz CT molecular complexity index is 1230. The summed E-state index contributed by atoms with van der Waals surface area (Å²) in [6.45, 7) is 2.18. The lowest BCUT2D eigenvalue weighted by atomic mass is 10.1. The molecule has 0 unspecified atom stereocenters. The Morgan fingerprint density at radius 1 is 1.29 bits per heavy atom. The summed E-state index contributed by atoms with van der Waals surface area (Å²) < 4.78 is 26.9. The van der Waals surface area contributed by atoms with Crippen LogP contribution in [0.15, 0.2) is 60.3 Å². The van der Waals surface area contributed by atoms with Crippen LogP contribution in [0.25, 0.3) is 0 Å². The van der Waals surface area contributed by atoms with E-state index in [1.165, 1.54) is 18.2 Å². The topological polar surface area (TPSA) is 95.9 Å². The fourth-order valence-electron chi connectivity index (χ4n) is 3.39. The van der Waals surface area contributed by atoms with Gasteiger partial charge >= 0.3 is 0 Å². The van der Waals surface area contributed by atoms with E-state index in [0.29, 0.717) is 35.7 Å². The first-order chi connectivity index (χ1) is 16.3. The molecule has 176 valence electrons. The number of rotatable bonds is 10. The summed E-state index contributed by atoms with van der Waals surface area (Å²) in [5.41, 5.74) is 3.82. The standard InChI is InChI=1S/C25H25ClFN5O2/c1-16(34-15-17-4-7-22(33-3)8-5-17)23-10-18(27)6-9-24(23)30-19(13-25(26)29)11-21-12-20(14-28)31-32(21)2/h4-10,12-13,16,29-30H,11,15H2,1-3H3/b19-13-,29-25?/t16-/m1/s1. The average Bonchev–Trinajstić information content (AvgIpc) is 3.17. The van der Waals surface area contributed by atoms with Crippen molar-refractivity contribution in [3.05, 3.63) is 88.6 Å². The number of nitrogens with one attached hydrogen (secondary N) is 2. The molecule has 0 aliphatic heterocycles. The third-order valence-electron chi connectivity index (χ3n) is 5.17. The zero-order valence-corrected chi connectivity index (χ0v) is 19.9. The Kier molecular flexibility index (Phi) is 8.41. The van der Waals surface area contributed by atoms with E-state index in [4.69, 9.17) is 31.7 Å². The SMILES string of the molecule is COc1ccc(CO[C@H](C)c2cc(F)ccc2N/C(=C\C(=N)Cl)Cc2cc(C#N)nn2C)cc1. The Morgan fingerprint density at radius 3 is 2.65 bits per heavy atom. The summed E-state index contributed by atoms with van der Waals surface area (Å²) in [4.78, 5) is 0. The summed E-state index contributed by atoms with van der Waals surface area (Å²) in [6, 6.07) is 15.6. The predicted octanol–water partition coefficient (Wildman–Crippen LogP) is 5.47. The zero-order chi connectivity index (χ0) is 24.7. The van der Waals surface area contributed by atoms with Gasteiger partial charge in [-0.25, -0.2) is 4.39 Å². The Hall–Kier alpha value is -3.67. The minimum absolute atomic E-state index is 0.169. The van der Waals surface area contributed by atoms with Crippen LogP contribution in [0.1, 0.15) is 35.5 Å². The van der Waals surface area contributed by atoms with Crippen molar-refractivity contribution in [2.75, 3.05) is 12.4 Å². The van der Waals surface area contributed by atoms with E-state index in [9.17, 15) is 4.39 Å². The van der Waals surface area contributed by atoms with Gasteiger partial charge in [0.25, 0.3) is 0 Å². The first-order valence-corrected chi connectivity index (χ1v) is 10.9. The third kappa shape index (κ3) is 6.67. The highest BCUT2D eigenvalue weighted by Crippen LogP contribution is 2.29. The summed E-state index contributed by atoms with van der Waals surface area (Å²) in [7, 11) is 3.34. The van der Waals surface area contributed by atoms with Crippen molar-refractivity contribution in [2.24, 2.45) is 7.05 Å². The lowest BCUT2D eigenvalue weighted by Crippen LogP contribution is -2.11. The first-order valence-electron chi connectivity index (χ1n) is 10.5. The van der Waals surface area contributed by atoms with Crippen molar-refractivity contribution < 1.29 is 13.9 Å². The number of benzene rings is 2. The number of hydrogen-bond donors (Lipinski definition) is 2. The summed E-state index contributed by atoms with van der Waals surface area (Å²) in [6.07, 6.45) is 1.37. The largest absolute Gasteiger partial charge is 0.497 e. The second kappa shape index (κ2) is 11.5. The number of nitriles is 1. The van der Waals surface area contributed by atoms with Crippen molar-refractivity contribution in [2.45, 2.75) is 26.1 Å². The van der Waals surface area contributed by atoms with Crippen LogP contribution in [-0.2, 0) is 24.8 Å². The average molecular weight is 482 g/mol. The van der Waals surface area contributed by atoms with Gasteiger partial charge in [0.2, 0.25) is 0 Å². The predicted molar refractivity (Wildman–Crippen MR) is 130 cm³/mol. The van der Waals surface area contributed by atoms with Gasteiger partial charge in [0, 0.05) is 36.1 Å². The molecule has 9 heteroatoms. The molecule has 3 rings (SSSR count). The van der Waals surface area contributed by atoms with Gasteiger partial charge in [-0.2, -0.15) is 10.4 Å². The van der Waals surface area contributed by atoms with Crippen molar-refractivity contribution >= 4 is 22.5 Å². The van der Waals surface area contributed by atoms with Gasteiger partial charge < -0.3 is 14.8 Å².